The molecule has 1 aliphatic rings. The average molecular weight is 426 g/mol. The summed E-state index contributed by atoms with van der Waals surface area (Å²) in [6.45, 7) is 0. The number of nitro benzene ring substituents is 1. The Hall–Kier alpha value is -3.36. The van der Waals surface area contributed by atoms with Crippen molar-refractivity contribution in [2.24, 2.45) is 4.99 Å². The highest BCUT2D eigenvalue weighted by Crippen LogP contribution is 2.31. The fourth-order valence-corrected chi connectivity index (χ4v) is 3.49. The van der Waals surface area contributed by atoms with Gasteiger partial charge in [-0.1, -0.05) is 23.7 Å². The van der Waals surface area contributed by atoms with Gasteiger partial charge < -0.3 is 9.73 Å². The van der Waals surface area contributed by atoms with E-state index in [0.717, 1.165) is 11.8 Å². The summed E-state index contributed by atoms with van der Waals surface area (Å²) in [5, 5.41) is 14.0. The highest BCUT2D eigenvalue weighted by Gasteiger charge is 2.24. The van der Waals surface area contributed by atoms with Gasteiger partial charge in [-0.15, -0.1) is 0 Å². The van der Waals surface area contributed by atoms with Crippen molar-refractivity contribution in [1.82, 2.24) is 5.32 Å². The van der Waals surface area contributed by atoms with Gasteiger partial charge in [0.15, 0.2) is 0 Å². The van der Waals surface area contributed by atoms with Gasteiger partial charge in [-0.25, -0.2) is 4.99 Å². The van der Waals surface area contributed by atoms with E-state index in [-0.39, 0.29) is 10.9 Å². The van der Waals surface area contributed by atoms with Crippen LogP contribution in [0.4, 0.5) is 16.2 Å². The van der Waals surface area contributed by atoms with Crippen molar-refractivity contribution in [2.75, 3.05) is 0 Å². The number of rotatable bonds is 4. The Morgan fingerprint density at radius 2 is 1.93 bits per heavy atom. The van der Waals surface area contributed by atoms with Gasteiger partial charge in [0.05, 0.1) is 15.5 Å². The number of amidine groups is 1. The van der Waals surface area contributed by atoms with Crippen LogP contribution in [0.3, 0.4) is 0 Å². The summed E-state index contributed by atoms with van der Waals surface area (Å²) in [5.74, 6) is 1.39. The Bertz CT molecular complexity index is 1170. The minimum atomic E-state index is -0.457. The van der Waals surface area contributed by atoms with E-state index in [1.807, 2.05) is 0 Å². The molecular formula is C20H12ClN3O4S. The van der Waals surface area contributed by atoms with E-state index in [2.05, 4.69) is 10.3 Å². The van der Waals surface area contributed by atoms with Crippen LogP contribution in [0.5, 0.6) is 0 Å². The van der Waals surface area contributed by atoms with Crippen molar-refractivity contribution < 1.29 is 14.1 Å². The zero-order chi connectivity index (χ0) is 20.4. The standard InChI is InChI=1S/C20H12ClN3O4S/c21-13-4-6-14(7-5-13)22-19-18(29-20(25)23-19)11-16-8-9-17(28-16)12-2-1-3-15(10-12)24(26)27/h1-11H,(H,22,23,25). The third kappa shape index (κ3) is 4.39. The predicted molar refractivity (Wildman–Crippen MR) is 113 cm³/mol. The molecule has 0 aliphatic carbocycles. The minimum absolute atomic E-state index is 0.0164. The molecule has 7 nitrogen and oxygen atoms in total. The summed E-state index contributed by atoms with van der Waals surface area (Å²) in [6, 6.07) is 16.6. The molecule has 0 bridgehead atoms. The van der Waals surface area contributed by atoms with Crippen LogP contribution in [0.2, 0.25) is 5.02 Å². The highest BCUT2D eigenvalue weighted by molar-refractivity contribution is 8.18. The first-order valence-corrected chi connectivity index (χ1v) is 9.57. The Kier molecular flexibility index (Phi) is 5.20. The van der Waals surface area contributed by atoms with Crippen molar-refractivity contribution in [2.45, 2.75) is 0 Å². The van der Waals surface area contributed by atoms with Crippen molar-refractivity contribution in [3.8, 4) is 11.3 Å². The van der Waals surface area contributed by atoms with Crippen LogP contribution in [0.15, 0.2) is 75.0 Å². The molecule has 29 heavy (non-hydrogen) atoms. The second-order valence-electron chi connectivity index (χ2n) is 5.97. The van der Waals surface area contributed by atoms with E-state index < -0.39 is 4.92 Å². The van der Waals surface area contributed by atoms with E-state index in [9.17, 15) is 14.9 Å². The maximum atomic E-state index is 11.8. The molecule has 9 heteroatoms. The molecule has 4 rings (SSSR count). The Balaban J connectivity index is 1.63. The van der Waals surface area contributed by atoms with Crippen LogP contribution >= 0.6 is 23.4 Å². The van der Waals surface area contributed by atoms with E-state index in [1.54, 1.807) is 54.6 Å². The summed E-state index contributed by atoms with van der Waals surface area (Å²) in [6.07, 6.45) is 1.69. The van der Waals surface area contributed by atoms with E-state index in [4.69, 9.17) is 16.0 Å². The second-order valence-corrected chi connectivity index (χ2v) is 7.42. The number of furan rings is 1. The zero-order valence-corrected chi connectivity index (χ0v) is 16.2. The lowest BCUT2D eigenvalue weighted by atomic mass is 10.1. The first-order chi connectivity index (χ1) is 14.0. The number of thioether (sulfide) groups is 1. The molecule has 2 aromatic carbocycles. The molecule has 0 saturated carbocycles. The molecule has 0 radical (unpaired) electrons. The summed E-state index contributed by atoms with van der Waals surface area (Å²) in [4.78, 5) is 27.4. The number of carbonyl (C=O) groups is 1. The van der Waals surface area contributed by atoms with Crippen molar-refractivity contribution in [1.29, 1.82) is 0 Å². The molecule has 0 atom stereocenters. The lowest BCUT2D eigenvalue weighted by molar-refractivity contribution is -0.384. The number of nitrogens with zero attached hydrogens (tertiary/aromatic N) is 2. The third-order valence-corrected chi connectivity index (χ3v) is 5.04. The lowest BCUT2D eigenvalue weighted by Crippen LogP contribution is -2.18. The number of hydrogen-bond donors (Lipinski definition) is 1. The van der Waals surface area contributed by atoms with Crippen LogP contribution in [0, 0.1) is 10.1 Å². The molecule has 1 N–H and O–H groups in total. The maximum Gasteiger partial charge on any atom is 0.289 e. The SMILES string of the molecule is O=C1NC(=Nc2ccc(Cl)cc2)C(=Cc2ccc(-c3cccc([N+](=O)[O-])c3)o2)S1. The van der Waals surface area contributed by atoms with Crippen molar-refractivity contribution in [3.05, 3.63) is 86.5 Å². The summed E-state index contributed by atoms with van der Waals surface area (Å²) in [7, 11) is 0. The zero-order valence-electron chi connectivity index (χ0n) is 14.7. The van der Waals surface area contributed by atoms with Gasteiger partial charge in [0.2, 0.25) is 0 Å². The van der Waals surface area contributed by atoms with E-state index >= 15 is 0 Å². The van der Waals surface area contributed by atoms with Crippen LogP contribution < -0.4 is 5.32 Å². The maximum absolute atomic E-state index is 11.8. The number of non-ortho nitro benzene ring substituents is 1. The number of carbonyl (C=O) groups excluding carboxylic acids is 1. The minimum Gasteiger partial charge on any atom is -0.457 e. The Labute approximate surface area is 174 Å². The molecular weight excluding hydrogens is 414 g/mol. The number of amides is 1. The normalized spacial score (nSPS) is 16.4. The number of halogens is 1. The fraction of sp³-hybridized carbons (Fsp3) is 0. The van der Waals surface area contributed by atoms with Gasteiger partial charge in [0.25, 0.3) is 10.9 Å². The van der Waals surface area contributed by atoms with Crippen LogP contribution in [-0.2, 0) is 0 Å². The van der Waals surface area contributed by atoms with Gasteiger partial charge in [0, 0.05) is 22.7 Å². The van der Waals surface area contributed by atoms with Gasteiger partial charge in [-0.3, -0.25) is 14.9 Å². The summed E-state index contributed by atoms with van der Waals surface area (Å²) in [5.41, 5.74) is 1.22. The largest absolute Gasteiger partial charge is 0.457 e. The molecule has 2 heterocycles. The number of benzene rings is 2. The molecule has 1 saturated heterocycles. The van der Waals surface area contributed by atoms with E-state index in [1.165, 1.54) is 12.1 Å². The van der Waals surface area contributed by atoms with Crippen molar-refractivity contribution in [3.63, 3.8) is 0 Å². The predicted octanol–water partition coefficient (Wildman–Crippen LogP) is 6.04. The van der Waals surface area contributed by atoms with Gasteiger partial charge in [-0.2, -0.15) is 0 Å². The van der Waals surface area contributed by atoms with Crippen LogP contribution in [-0.4, -0.2) is 16.0 Å². The van der Waals surface area contributed by atoms with Gasteiger partial charge >= 0.3 is 0 Å². The molecule has 144 valence electrons. The first kappa shape index (κ1) is 19.0. The number of nitro groups is 1. The van der Waals surface area contributed by atoms with Crippen LogP contribution in [0.25, 0.3) is 17.4 Å². The van der Waals surface area contributed by atoms with Gasteiger partial charge in [-0.05, 0) is 54.2 Å². The third-order valence-electron chi connectivity index (χ3n) is 3.97. The van der Waals surface area contributed by atoms with E-state index in [0.29, 0.717) is 38.5 Å². The van der Waals surface area contributed by atoms with Gasteiger partial charge in [0.1, 0.15) is 17.4 Å². The smallest absolute Gasteiger partial charge is 0.289 e. The molecule has 1 aliphatic heterocycles. The monoisotopic (exact) mass is 425 g/mol. The molecule has 0 spiro atoms. The summed E-state index contributed by atoms with van der Waals surface area (Å²) >= 11 is 6.89. The quantitative estimate of drug-likeness (QED) is 0.406. The second kappa shape index (κ2) is 7.94. The number of hydrogen-bond acceptors (Lipinski definition) is 6. The van der Waals surface area contributed by atoms with Crippen LogP contribution in [0.1, 0.15) is 5.76 Å². The number of nitrogens with one attached hydrogen (secondary N) is 1. The molecule has 1 aromatic heterocycles. The fourth-order valence-electron chi connectivity index (χ4n) is 2.65. The Morgan fingerprint density at radius 3 is 2.69 bits per heavy atom. The van der Waals surface area contributed by atoms with Crippen molar-refractivity contribution >= 4 is 51.9 Å². The molecule has 1 fully saturated rings. The average Bonchev–Trinajstić information content (AvgIpc) is 3.30. The lowest BCUT2D eigenvalue weighted by Gasteiger charge is -2.00. The summed E-state index contributed by atoms with van der Waals surface area (Å²) < 4.78 is 5.79. The first-order valence-electron chi connectivity index (χ1n) is 8.38. The Morgan fingerprint density at radius 1 is 1.14 bits per heavy atom. The molecule has 0 unspecified atom stereocenters. The highest BCUT2D eigenvalue weighted by atomic mass is 35.5. The molecule has 3 aromatic rings. The molecule has 1 amide bonds. The number of aliphatic imine (C=N–C) groups is 1. The topological polar surface area (TPSA) is 97.7 Å².